The number of ether oxygens (including phenoxy) is 1. The van der Waals surface area contributed by atoms with Crippen molar-refractivity contribution >= 4 is 23.1 Å². The van der Waals surface area contributed by atoms with Crippen LogP contribution in [0, 0.1) is 0 Å². The van der Waals surface area contributed by atoms with Crippen molar-refractivity contribution in [3.8, 4) is 5.75 Å². The van der Waals surface area contributed by atoms with Gasteiger partial charge in [-0.3, -0.25) is 0 Å². The number of isothiocyanates is 1. The van der Waals surface area contributed by atoms with E-state index in [0.717, 1.165) is 24.5 Å². The third-order valence-corrected chi connectivity index (χ3v) is 2.39. The Balaban J connectivity index is 2.53. The van der Waals surface area contributed by atoms with Crippen molar-refractivity contribution in [1.82, 2.24) is 5.32 Å². The SMILES string of the molecule is COc1cc2c(cc1N=C=S)CNC2. The van der Waals surface area contributed by atoms with Gasteiger partial charge in [-0.1, -0.05) is 0 Å². The molecule has 0 atom stereocenters. The van der Waals surface area contributed by atoms with Crippen molar-refractivity contribution in [1.29, 1.82) is 0 Å². The highest BCUT2D eigenvalue weighted by Crippen LogP contribution is 2.32. The average molecular weight is 206 g/mol. The third kappa shape index (κ3) is 1.55. The van der Waals surface area contributed by atoms with Gasteiger partial charge in [-0.05, 0) is 35.5 Å². The summed E-state index contributed by atoms with van der Waals surface area (Å²) in [4.78, 5) is 3.97. The van der Waals surface area contributed by atoms with Crippen LogP contribution in [-0.2, 0) is 13.1 Å². The van der Waals surface area contributed by atoms with Crippen LogP contribution in [-0.4, -0.2) is 12.3 Å². The normalized spacial score (nSPS) is 13.2. The van der Waals surface area contributed by atoms with Crippen LogP contribution in [0.3, 0.4) is 0 Å². The molecule has 0 aromatic heterocycles. The van der Waals surface area contributed by atoms with Gasteiger partial charge in [0.15, 0.2) is 0 Å². The van der Waals surface area contributed by atoms with Crippen LogP contribution in [0.15, 0.2) is 17.1 Å². The topological polar surface area (TPSA) is 33.6 Å². The summed E-state index contributed by atoms with van der Waals surface area (Å²) in [7, 11) is 1.63. The molecular formula is C10H10N2OS. The smallest absolute Gasteiger partial charge is 0.145 e. The van der Waals surface area contributed by atoms with E-state index >= 15 is 0 Å². The highest BCUT2D eigenvalue weighted by atomic mass is 32.1. The molecular weight excluding hydrogens is 196 g/mol. The molecule has 72 valence electrons. The average Bonchev–Trinajstić information content (AvgIpc) is 2.64. The minimum Gasteiger partial charge on any atom is -0.494 e. The van der Waals surface area contributed by atoms with Crippen molar-refractivity contribution in [2.75, 3.05) is 7.11 Å². The van der Waals surface area contributed by atoms with E-state index in [1.807, 2.05) is 12.1 Å². The summed E-state index contributed by atoms with van der Waals surface area (Å²) in [6, 6.07) is 3.99. The van der Waals surface area contributed by atoms with E-state index in [4.69, 9.17) is 4.74 Å². The number of nitrogens with one attached hydrogen (secondary N) is 1. The molecule has 1 aliphatic rings. The minimum absolute atomic E-state index is 0.754. The zero-order valence-corrected chi connectivity index (χ0v) is 8.65. The number of benzene rings is 1. The Morgan fingerprint density at radius 1 is 1.43 bits per heavy atom. The van der Waals surface area contributed by atoms with Crippen molar-refractivity contribution in [2.45, 2.75) is 13.1 Å². The first-order valence-corrected chi connectivity index (χ1v) is 4.74. The highest BCUT2D eigenvalue weighted by molar-refractivity contribution is 7.78. The second-order valence-corrected chi connectivity index (χ2v) is 3.28. The molecule has 0 unspecified atom stereocenters. The third-order valence-electron chi connectivity index (χ3n) is 2.30. The Bertz CT molecular complexity index is 411. The van der Waals surface area contributed by atoms with Crippen LogP contribution >= 0.6 is 12.2 Å². The Morgan fingerprint density at radius 3 is 2.79 bits per heavy atom. The molecule has 0 aliphatic carbocycles. The fourth-order valence-corrected chi connectivity index (χ4v) is 1.71. The summed E-state index contributed by atoms with van der Waals surface area (Å²) in [6.07, 6.45) is 0. The maximum Gasteiger partial charge on any atom is 0.145 e. The predicted molar refractivity (Wildman–Crippen MR) is 58.2 cm³/mol. The molecule has 3 nitrogen and oxygen atoms in total. The number of rotatable bonds is 2. The Morgan fingerprint density at radius 2 is 2.14 bits per heavy atom. The molecule has 14 heavy (non-hydrogen) atoms. The van der Waals surface area contributed by atoms with Gasteiger partial charge in [0.2, 0.25) is 0 Å². The molecule has 2 rings (SSSR count). The van der Waals surface area contributed by atoms with E-state index in [-0.39, 0.29) is 0 Å². The highest BCUT2D eigenvalue weighted by Gasteiger charge is 2.13. The number of fused-ring (bicyclic) bond motifs is 1. The Kier molecular flexibility index (Phi) is 2.59. The van der Waals surface area contributed by atoms with E-state index < -0.39 is 0 Å². The van der Waals surface area contributed by atoms with Gasteiger partial charge in [-0.2, -0.15) is 4.99 Å². The molecule has 0 amide bonds. The van der Waals surface area contributed by atoms with E-state index in [1.54, 1.807) is 7.11 Å². The summed E-state index contributed by atoms with van der Waals surface area (Å²) >= 11 is 4.58. The molecule has 1 N–H and O–H groups in total. The Hall–Kier alpha value is -1.22. The monoisotopic (exact) mass is 206 g/mol. The number of thiocarbonyl (C=S) groups is 1. The van der Waals surface area contributed by atoms with Crippen LogP contribution < -0.4 is 10.1 Å². The zero-order valence-electron chi connectivity index (χ0n) is 7.83. The standard InChI is InChI=1S/C10H10N2OS/c1-13-10-3-8-5-11-4-7(8)2-9(10)12-6-14/h2-3,11H,4-5H2,1H3. The molecule has 1 aromatic carbocycles. The molecule has 1 aromatic rings. The lowest BCUT2D eigenvalue weighted by Gasteiger charge is -2.06. The van der Waals surface area contributed by atoms with Gasteiger partial charge >= 0.3 is 0 Å². The minimum atomic E-state index is 0.754. The number of aliphatic imine (C=N–C) groups is 1. The molecule has 4 heteroatoms. The van der Waals surface area contributed by atoms with Gasteiger partial charge < -0.3 is 10.1 Å². The second-order valence-electron chi connectivity index (χ2n) is 3.10. The lowest BCUT2D eigenvalue weighted by atomic mass is 10.1. The van der Waals surface area contributed by atoms with Crippen molar-refractivity contribution < 1.29 is 4.74 Å². The first-order chi connectivity index (χ1) is 6.85. The van der Waals surface area contributed by atoms with Crippen LogP contribution in [0.4, 0.5) is 5.69 Å². The molecule has 0 radical (unpaired) electrons. The lowest BCUT2D eigenvalue weighted by Crippen LogP contribution is -1.99. The van der Waals surface area contributed by atoms with Crippen LogP contribution in [0.25, 0.3) is 0 Å². The molecule has 1 aliphatic heterocycles. The Labute approximate surface area is 87.8 Å². The number of methoxy groups -OCH3 is 1. The van der Waals surface area contributed by atoms with E-state index in [2.05, 4.69) is 27.7 Å². The quantitative estimate of drug-likeness (QED) is 0.594. The summed E-state index contributed by atoms with van der Waals surface area (Å²) in [5, 5.41) is 5.62. The van der Waals surface area contributed by atoms with Gasteiger partial charge in [-0.15, -0.1) is 0 Å². The van der Waals surface area contributed by atoms with Gasteiger partial charge in [0.25, 0.3) is 0 Å². The van der Waals surface area contributed by atoms with Crippen molar-refractivity contribution in [3.05, 3.63) is 23.3 Å². The van der Waals surface area contributed by atoms with Gasteiger partial charge in [0, 0.05) is 13.1 Å². The van der Waals surface area contributed by atoms with Crippen LogP contribution in [0.5, 0.6) is 5.75 Å². The fourth-order valence-electron chi connectivity index (χ4n) is 1.61. The van der Waals surface area contributed by atoms with E-state index in [9.17, 15) is 0 Å². The number of hydrogen-bond donors (Lipinski definition) is 1. The van der Waals surface area contributed by atoms with Gasteiger partial charge in [0.05, 0.1) is 12.3 Å². The summed E-state index contributed by atoms with van der Waals surface area (Å²) < 4.78 is 5.22. The summed E-state index contributed by atoms with van der Waals surface area (Å²) in [5.74, 6) is 0.754. The lowest BCUT2D eigenvalue weighted by molar-refractivity contribution is 0.415. The van der Waals surface area contributed by atoms with Gasteiger partial charge in [-0.25, -0.2) is 0 Å². The maximum atomic E-state index is 5.22. The van der Waals surface area contributed by atoms with E-state index in [0.29, 0.717) is 0 Å². The molecule has 1 heterocycles. The van der Waals surface area contributed by atoms with Crippen LogP contribution in [0.2, 0.25) is 0 Å². The first-order valence-electron chi connectivity index (χ1n) is 4.33. The predicted octanol–water partition coefficient (Wildman–Crippen LogP) is 2.03. The summed E-state index contributed by atoms with van der Waals surface area (Å²) in [5.41, 5.74) is 3.28. The van der Waals surface area contributed by atoms with Crippen LogP contribution in [0.1, 0.15) is 11.1 Å². The fraction of sp³-hybridized carbons (Fsp3) is 0.300. The molecule has 0 saturated heterocycles. The zero-order chi connectivity index (χ0) is 9.97. The maximum absolute atomic E-state index is 5.22. The van der Waals surface area contributed by atoms with E-state index in [1.165, 1.54) is 11.1 Å². The largest absolute Gasteiger partial charge is 0.494 e. The van der Waals surface area contributed by atoms with Crippen molar-refractivity contribution in [3.63, 3.8) is 0 Å². The van der Waals surface area contributed by atoms with Gasteiger partial charge in [0.1, 0.15) is 11.4 Å². The number of hydrogen-bond acceptors (Lipinski definition) is 4. The second kappa shape index (κ2) is 3.88. The molecule has 0 spiro atoms. The number of nitrogens with zero attached hydrogens (tertiary/aromatic N) is 1. The van der Waals surface area contributed by atoms with Crippen molar-refractivity contribution in [2.24, 2.45) is 4.99 Å². The molecule has 0 fully saturated rings. The molecule has 0 saturated carbocycles. The summed E-state index contributed by atoms with van der Waals surface area (Å²) in [6.45, 7) is 1.78. The first kappa shape index (κ1) is 9.34. The molecule has 0 bridgehead atoms.